The number of hydrogen-bond donors (Lipinski definition) is 1. The third kappa shape index (κ3) is 4.09. The van der Waals surface area contributed by atoms with Gasteiger partial charge in [0.15, 0.2) is 5.58 Å². The molecule has 7 heteroatoms. The third-order valence-electron chi connectivity index (χ3n) is 4.60. The Morgan fingerprint density at radius 2 is 1.79 bits per heavy atom. The number of rotatable bonds is 5. The van der Waals surface area contributed by atoms with Crippen molar-refractivity contribution < 1.29 is 12.8 Å². The van der Waals surface area contributed by atoms with Crippen molar-refractivity contribution in [3.05, 3.63) is 77.4 Å². The van der Waals surface area contributed by atoms with Gasteiger partial charge in [0.25, 0.3) is 0 Å². The Balaban J connectivity index is 1.63. The van der Waals surface area contributed by atoms with Crippen molar-refractivity contribution in [3.8, 4) is 5.69 Å². The topological polar surface area (TPSA) is 77.1 Å². The molecule has 2 aromatic heterocycles. The van der Waals surface area contributed by atoms with Crippen LogP contribution in [0, 0.1) is 13.8 Å². The molecule has 6 nitrogen and oxygen atoms in total. The highest BCUT2D eigenvalue weighted by Crippen LogP contribution is 2.24. The molecule has 0 amide bonds. The molecule has 0 unspecified atom stereocenters. The molecule has 0 atom stereocenters. The lowest BCUT2D eigenvalue weighted by Crippen LogP contribution is -2.09. The van der Waals surface area contributed by atoms with Crippen LogP contribution < -0.4 is 4.72 Å². The van der Waals surface area contributed by atoms with Crippen molar-refractivity contribution in [2.45, 2.75) is 13.8 Å². The summed E-state index contributed by atoms with van der Waals surface area (Å²) in [4.78, 5) is 4.44. The van der Waals surface area contributed by atoms with E-state index >= 15 is 0 Å². The minimum atomic E-state index is -3.34. The third-order valence-corrected chi connectivity index (χ3v) is 5.20. The van der Waals surface area contributed by atoms with E-state index in [4.69, 9.17) is 4.42 Å². The number of nitrogens with zero attached hydrogens (tertiary/aromatic N) is 2. The van der Waals surface area contributed by atoms with Gasteiger partial charge in [-0.05, 0) is 61.9 Å². The molecule has 0 aliphatic carbocycles. The van der Waals surface area contributed by atoms with Gasteiger partial charge in [0.05, 0.1) is 11.9 Å². The smallest absolute Gasteiger partial charge is 0.229 e. The van der Waals surface area contributed by atoms with Gasteiger partial charge in [-0.15, -0.1) is 0 Å². The molecule has 0 fully saturated rings. The van der Waals surface area contributed by atoms with Gasteiger partial charge in [0, 0.05) is 23.2 Å². The molecule has 0 bridgehead atoms. The average molecular weight is 407 g/mol. The predicted molar refractivity (Wildman–Crippen MR) is 117 cm³/mol. The zero-order valence-electron chi connectivity index (χ0n) is 16.4. The molecule has 4 aromatic rings. The molecule has 4 rings (SSSR count). The number of nitrogens with one attached hydrogen (secondary N) is 1. The standard InChI is InChI=1S/C22H21N3O3S/c1-15-13-17(16(2)25(15)19-7-5-4-6-8-19)9-12-22-23-20-14-18(24-29(3,26)27)10-11-21(20)28-22/h4-14,24H,1-3H3. The van der Waals surface area contributed by atoms with Gasteiger partial charge in [0.1, 0.15) is 5.52 Å². The van der Waals surface area contributed by atoms with Crippen molar-refractivity contribution in [1.29, 1.82) is 0 Å². The van der Waals surface area contributed by atoms with Crippen LogP contribution in [-0.2, 0) is 10.0 Å². The van der Waals surface area contributed by atoms with E-state index in [-0.39, 0.29) is 0 Å². The molecule has 0 aliphatic heterocycles. The van der Waals surface area contributed by atoms with Gasteiger partial charge in [-0.3, -0.25) is 4.72 Å². The van der Waals surface area contributed by atoms with Crippen LogP contribution in [0.25, 0.3) is 28.9 Å². The van der Waals surface area contributed by atoms with E-state index in [1.165, 1.54) is 0 Å². The fraction of sp³-hybridized carbons (Fsp3) is 0.136. The van der Waals surface area contributed by atoms with E-state index in [9.17, 15) is 8.42 Å². The average Bonchev–Trinajstić information content (AvgIpc) is 3.19. The van der Waals surface area contributed by atoms with Crippen molar-refractivity contribution in [2.75, 3.05) is 11.0 Å². The van der Waals surface area contributed by atoms with Crippen molar-refractivity contribution >= 4 is 39.0 Å². The summed E-state index contributed by atoms with van der Waals surface area (Å²) in [5, 5.41) is 0. The monoisotopic (exact) mass is 407 g/mol. The van der Waals surface area contributed by atoms with Gasteiger partial charge >= 0.3 is 0 Å². The van der Waals surface area contributed by atoms with Crippen molar-refractivity contribution in [3.63, 3.8) is 0 Å². The number of oxazole rings is 1. The predicted octanol–water partition coefficient (Wildman–Crippen LogP) is 4.78. The van der Waals surface area contributed by atoms with E-state index in [1.807, 2.05) is 30.4 Å². The van der Waals surface area contributed by atoms with Crippen molar-refractivity contribution in [2.24, 2.45) is 0 Å². The number of benzene rings is 2. The summed E-state index contributed by atoms with van der Waals surface area (Å²) < 4.78 is 33.2. The lowest BCUT2D eigenvalue weighted by molar-refractivity contribution is 0.589. The maximum Gasteiger partial charge on any atom is 0.229 e. The quantitative estimate of drug-likeness (QED) is 0.517. The van der Waals surface area contributed by atoms with Crippen LogP contribution in [0.5, 0.6) is 0 Å². The van der Waals surface area contributed by atoms with E-state index < -0.39 is 10.0 Å². The second-order valence-electron chi connectivity index (χ2n) is 6.94. The molecule has 0 radical (unpaired) electrons. The summed E-state index contributed by atoms with van der Waals surface area (Å²) in [6.07, 6.45) is 4.91. The van der Waals surface area contributed by atoms with Gasteiger partial charge in [-0.25, -0.2) is 13.4 Å². The van der Waals surface area contributed by atoms with Gasteiger partial charge in [-0.2, -0.15) is 0 Å². The number of anilines is 1. The Kier molecular flexibility index (Phi) is 4.76. The summed E-state index contributed by atoms with van der Waals surface area (Å²) in [6, 6.07) is 17.3. The van der Waals surface area contributed by atoms with Gasteiger partial charge in [0.2, 0.25) is 15.9 Å². The molecular formula is C22H21N3O3S. The second-order valence-corrected chi connectivity index (χ2v) is 8.69. The number of aromatic nitrogens is 2. The number of fused-ring (bicyclic) bond motifs is 1. The van der Waals surface area contributed by atoms with E-state index in [1.54, 1.807) is 18.2 Å². The van der Waals surface area contributed by atoms with Crippen LogP contribution in [0.15, 0.2) is 59.0 Å². The zero-order chi connectivity index (χ0) is 20.6. The molecule has 2 heterocycles. The minimum Gasteiger partial charge on any atom is -0.437 e. The minimum absolute atomic E-state index is 0.454. The first-order valence-corrected chi connectivity index (χ1v) is 11.0. The molecule has 0 aliphatic rings. The molecule has 148 valence electrons. The molecular weight excluding hydrogens is 386 g/mol. The first-order valence-electron chi connectivity index (χ1n) is 9.11. The van der Waals surface area contributed by atoms with Crippen LogP contribution in [0.2, 0.25) is 0 Å². The summed E-state index contributed by atoms with van der Waals surface area (Å²) in [6.45, 7) is 4.15. The van der Waals surface area contributed by atoms with Gasteiger partial charge < -0.3 is 8.98 Å². The zero-order valence-corrected chi connectivity index (χ0v) is 17.2. The van der Waals surface area contributed by atoms with Crippen LogP contribution in [0.1, 0.15) is 22.8 Å². The summed E-state index contributed by atoms with van der Waals surface area (Å²) in [7, 11) is -3.34. The lowest BCUT2D eigenvalue weighted by atomic mass is 10.2. The van der Waals surface area contributed by atoms with E-state index in [2.05, 4.69) is 46.3 Å². The SMILES string of the molecule is Cc1cc(C=Cc2nc3cc(NS(C)(=O)=O)ccc3o2)c(C)n1-c1ccccc1. The first-order chi connectivity index (χ1) is 13.8. The Labute approximate surface area is 169 Å². The Morgan fingerprint density at radius 1 is 1.03 bits per heavy atom. The van der Waals surface area contributed by atoms with Crippen LogP contribution in [0.3, 0.4) is 0 Å². The highest BCUT2D eigenvalue weighted by Gasteiger charge is 2.10. The maximum absolute atomic E-state index is 11.4. The highest BCUT2D eigenvalue weighted by atomic mass is 32.2. The first kappa shape index (κ1) is 19.0. The number of sulfonamides is 1. The van der Waals surface area contributed by atoms with E-state index in [0.29, 0.717) is 22.7 Å². The molecule has 0 saturated heterocycles. The van der Waals surface area contributed by atoms with E-state index in [0.717, 1.165) is 28.9 Å². The fourth-order valence-electron chi connectivity index (χ4n) is 3.39. The molecule has 2 aromatic carbocycles. The highest BCUT2D eigenvalue weighted by molar-refractivity contribution is 7.92. The molecule has 29 heavy (non-hydrogen) atoms. The van der Waals surface area contributed by atoms with Crippen LogP contribution >= 0.6 is 0 Å². The summed E-state index contributed by atoms with van der Waals surface area (Å²) >= 11 is 0. The lowest BCUT2D eigenvalue weighted by Gasteiger charge is -2.09. The summed E-state index contributed by atoms with van der Waals surface area (Å²) in [5.41, 5.74) is 6.10. The second kappa shape index (κ2) is 7.25. The van der Waals surface area contributed by atoms with Crippen LogP contribution in [-0.4, -0.2) is 24.2 Å². The van der Waals surface area contributed by atoms with Crippen LogP contribution in [0.4, 0.5) is 5.69 Å². The molecule has 0 saturated carbocycles. The Bertz CT molecular complexity index is 1320. The van der Waals surface area contributed by atoms with Crippen molar-refractivity contribution in [1.82, 2.24) is 9.55 Å². The maximum atomic E-state index is 11.4. The summed E-state index contributed by atoms with van der Waals surface area (Å²) in [5.74, 6) is 0.459. The Morgan fingerprint density at radius 3 is 2.52 bits per heavy atom. The molecule has 1 N–H and O–H groups in total. The largest absolute Gasteiger partial charge is 0.437 e. The molecule has 0 spiro atoms. The number of hydrogen-bond acceptors (Lipinski definition) is 4. The number of aryl methyl sites for hydroxylation is 1. The number of para-hydroxylation sites is 1. The fourth-order valence-corrected chi connectivity index (χ4v) is 3.94. The normalized spacial score (nSPS) is 12.1. The Hall–Kier alpha value is -3.32. The van der Waals surface area contributed by atoms with Gasteiger partial charge in [-0.1, -0.05) is 18.2 Å².